The molecule has 2 aromatic carbocycles. The molecule has 3 aliphatic rings. The van der Waals surface area contributed by atoms with Crippen molar-refractivity contribution in [3.63, 3.8) is 0 Å². The van der Waals surface area contributed by atoms with Gasteiger partial charge in [-0.05, 0) is 39.3 Å². The molecule has 3 heterocycles. The number of nitrogens with zero attached hydrogens (tertiary/aromatic N) is 8. The van der Waals surface area contributed by atoms with Crippen LogP contribution in [0.1, 0.15) is 11.1 Å². The summed E-state index contributed by atoms with van der Waals surface area (Å²) >= 11 is 0. The number of fused-ring (bicyclic) bond motifs is 21. The summed E-state index contributed by atoms with van der Waals surface area (Å²) in [6.07, 6.45) is 0. The van der Waals surface area contributed by atoms with Crippen molar-refractivity contribution < 1.29 is 25.9 Å². The van der Waals surface area contributed by atoms with E-state index in [-0.39, 0.29) is 0 Å². The van der Waals surface area contributed by atoms with Crippen LogP contribution in [-0.2, 0) is 13.1 Å². The monoisotopic (exact) mass is 741 g/mol. The molecule has 3 aliphatic heterocycles. The lowest BCUT2D eigenvalue weighted by Crippen LogP contribution is -2.47. The van der Waals surface area contributed by atoms with Crippen LogP contribution in [0.2, 0.25) is 0 Å². The Bertz CT molecular complexity index is 1240. The number of hydrogen-bond acceptors (Lipinski definition) is 8. The third-order valence-corrected chi connectivity index (χ3v) is 10.6. The van der Waals surface area contributed by atoms with Gasteiger partial charge in [-0.25, -0.2) is 0 Å². The van der Waals surface area contributed by atoms with E-state index in [1.165, 1.54) is 24.3 Å². The molecule has 3 fully saturated rings. The van der Waals surface area contributed by atoms with Crippen molar-refractivity contribution in [3.8, 4) is 0 Å². The zero-order chi connectivity index (χ0) is 37.7. The molecule has 2 aromatic rings. The molecule has 0 radical (unpaired) electrons. The van der Waals surface area contributed by atoms with Gasteiger partial charge in [-0.2, -0.15) is 0 Å². The first kappa shape index (κ1) is 42.6. The van der Waals surface area contributed by atoms with Crippen LogP contribution >= 0.6 is 0 Å². The van der Waals surface area contributed by atoms with Crippen LogP contribution in [0.4, 0.5) is 25.9 Å². The van der Waals surface area contributed by atoms with Gasteiger partial charge < -0.3 is 45.5 Å². The summed E-state index contributed by atoms with van der Waals surface area (Å²) in [5.41, 5.74) is 0.260. The molecule has 0 spiro atoms. The van der Waals surface area contributed by atoms with E-state index < -0.39 is 24.9 Å². The highest BCUT2D eigenvalue weighted by atomic mass is 19.4. The highest BCUT2D eigenvalue weighted by Gasteiger charge is 2.27. The summed E-state index contributed by atoms with van der Waals surface area (Å²) in [4.78, 5) is 18.9. The number of halogens is 6. The molecule has 0 saturated carbocycles. The van der Waals surface area contributed by atoms with Crippen LogP contribution in [0.3, 0.4) is 0 Å². The first-order valence-corrected chi connectivity index (χ1v) is 18.8. The van der Waals surface area contributed by atoms with Crippen LogP contribution in [0, 0.1) is 0 Å². The lowest BCUT2D eigenvalue weighted by Gasteiger charge is -2.34. The molecule has 5 rings (SSSR count). The molecule has 0 aliphatic carbocycles. The summed E-state index contributed by atoms with van der Waals surface area (Å²) in [5.74, 6) is 0. The minimum atomic E-state index is -5.06. The minimum Gasteiger partial charge on any atom is -0.445 e. The Morgan fingerprint density at radius 1 is 0.404 bits per heavy atom. The number of benzene rings is 2. The molecule has 2 atom stereocenters. The summed E-state index contributed by atoms with van der Waals surface area (Å²) < 4.78 is 81.7. The van der Waals surface area contributed by atoms with E-state index in [2.05, 4.69) is 67.4 Å². The number of rotatable bonds is 6. The van der Waals surface area contributed by atoms with E-state index in [1.807, 2.05) is 0 Å². The number of likely N-dealkylation sites (N-methyl/N-ethyl adjacent to an activating group) is 4. The van der Waals surface area contributed by atoms with E-state index in [0.717, 1.165) is 130 Å². The SMILES string of the molecule is CN1CCN(C)CCN2CCN(C)CCN(Cc3cccc([B-](F)(F)F)c3)CCN(CC1)CCN(C)CCN(Cc1cccc([B-](F)(F)F)c1)CC2. The minimum absolute atomic E-state index is 0.461. The summed E-state index contributed by atoms with van der Waals surface area (Å²) in [6, 6.07) is 11.6. The maximum Gasteiger partial charge on any atom is 0.509 e. The Labute approximate surface area is 308 Å². The zero-order valence-electron chi connectivity index (χ0n) is 31.8. The topological polar surface area (TPSA) is 25.9 Å². The Hall–Kier alpha value is -2.17. The average molecular weight is 741 g/mol. The fourth-order valence-electron chi connectivity index (χ4n) is 6.74. The quantitative estimate of drug-likeness (QED) is 0.330. The van der Waals surface area contributed by atoms with E-state index in [9.17, 15) is 25.9 Å². The van der Waals surface area contributed by atoms with Gasteiger partial charge in [0.1, 0.15) is 0 Å². The van der Waals surface area contributed by atoms with Gasteiger partial charge in [0.25, 0.3) is 0 Å². The molecule has 52 heavy (non-hydrogen) atoms. The van der Waals surface area contributed by atoms with Gasteiger partial charge in [-0.1, -0.05) is 48.5 Å². The number of hydrogen-bond donors (Lipinski definition) is 0. The highest BCUT2D eigenvalue weighted by molar-refractivity contribution is 6.74. The summed E-state index contributed by atoms with van der Waals surface area (Å²) in [6.45, 7) is 5.73. The second-order valence-corrected chi connectivity index (χ2v) is 15.1. The first-order valence-electron chi connectivity index (χ1n) is 18.8. The third kappa shape index (κ3) is 15.3. The molecule has 8 nitrogen and oxygen atoms in total. The van der Waals surface area contributed by atoms with Gasteiger partial charge in [0, 0.05) is 131 Å². The highest BCUT2D eigenvalue weighted by Crippen LogP contribution is 2.14. The van der Waals surface area contributed by atoms with Gasteiger partial charge in [0.15, 0.2) is 0 Å². The van der Waals surface area contributed by atoms with Gasteiger partial charge in [-0.15, -0.1) is 10.9 Å². The zero-order valence-corrected chi connectivity index (χ0v) is 31.8. The Balaban J connectivity index is 1.56. The van der Waals surface area contributed by atoms with Gasteiger partial charge in [0.2, 0.25) is 0 Å². The van der Waals surface area contributed by atoms with Crippen molar-refractivity contribution >= 4 is 24.9 Å². The van der Waals surface area contributed by atoms with Crippen LogP contribution in [-0.4, -0.2) is 199 Å². The van der Waals surface area contributed by atoms with Crippen molar-refractivity contribution in [2.45, 2.75) is 13.1 Å². The molecule has 3 saturated heterocycles. The van der Waals surface area contributed by atoms with Crippen molar-refractivity contribution in [2.75, 3.05) is 146 Å². The van der Waals surface area contributed by atoms with Crippen molar-refractivity contribution in [1.29, 1.82) is 0 Å². The maximum absolute atomic E-state index is 13.6. The Morgan fingerprint density at radius 2 is 0.673 bits per heavy atom. The average Bonchev–Trinajstić information content (AvgIpc) is 3.09. The fourth-order valence-corrected chi connectivity index (χ4v) is 6.74. The van der Waals surface area contributed by atoms with Crippen LogP contribution in [0.5, 0.6) is 0 Å². The summed E-state index contributed by atoms with van der Waals surface area (Å²) in [5, 5.41) is 0. The van der Waals surface area contributed by atoms with Crippen molar-refractivity contribution in [1.82, 2.24) is 39.2 Å². The third-order valence-electron chi connectivity index (χ3n) is 10.6. The van der Waals surface area contributed by atoms with Crippen LogP contribution < -0.4 is 10.9 Å². The fraction of sp³-hybridized carbons (Fsp3) is 0.667. The molecule has 294 valence electrons. The van der Waals surface area contributed by atoms with Gasteiger partial charge in [0.05, 0.1) is 0 Å². The largest absolute Gasteiger partial charge is 0.509 e. The van der Waals surface area contributed by atoms with Gasteiger partial charge in [-0.3, -0.25) is 19.6 Å². The lowest BCUT2D eigenvalue weighted by atomic mass is 9.79. The first-order chi connectivity index (χ1) is 24.6. The predicted octanol–water partition coefficient (Wildman–Crippen LogP) is 2.46. The molecule has 0 N–H and O–H groups in total. The van der Waals surface area contributed by atoms with Crippen molar-refractivity contribution in [3.05, 3.63) is 59.7 Å². The molecule has 2 bridgehead atoms. The van der Waals surface area contributed by atoms with E-state index in [1.54, 1.807) is 12.1 Å². The molecule has 0 amide bonds. The maximum atomic E-state index is 13.6. The molecule has 2 unspecified atom stereocenters. The molecular weight excluding hydrogens is 680 g/mol. The lowest BCUT2D eigenvalue weighted by molar-refractivity contribution is 0.127. The van der Waals surface area contributed by atoms with E-state index >= 15 is 0 Å². The molecule has 0 aromatic heterocycles. The standard InChI is InChI=1S/C36H60B2F6N8/c1-45-11-12-46(2)14-20-50-22-16-48(4)18-23-51(31-33-7-5-9-35(29-33)37(39,40)41)27-25-49(19-13-45)21-15-47(3)17-24-52(28-26-50)32-34-8-6-10-36(30-34)38(42,43)44/h5-10,29-30H,11-28,31-32H2,1-4H3/q-2. The van der Waals surface area contributed by atoms with Gasteiger partial charge >= 0.3 is 14.0 Å². The van der Waals surface area contributed by atoms with Crippen LogP contribution in [0.15, 0.2) is 48.5 Å². The Morgan fingerprint density at radius 3 is 1.00 bits per heavy atom. The van der Waals surface area contributed by atoms with E-state index in [0.29, 0.717) is 24.2 Å². The molecule has 16 heteroatoms. The Kier molecular flexibility index (Phi) is 16.8. The second-order valence-electron chi connectivity index (χ2n) is 15.1. The van der Waals surface area contributed by atoms with Crippen LogP contribution in [0.25, 0.3) is 0 Å². The smallest absolute Gasteiger partial charge is 0.445 e. The summed E-state index contributed by atoms with van der Waals surface area (Å²) in [7, 11) is 8.54. The molecular formula is C36H60B2F6N8-2. The predicted molar refractivity (Wildman–Crippen MR) is 204 cm³/mol. The normalized spacial score (nSPS) is 24.2. The van der Waals surface area contributed by atoms with E-state index in [4.69, 9.17) is 0 Å². The second kappa shape index (κ2) is 20.5. The van der Waals surface area contributed by atoms with Crippen molar-refractivity contribution in [2.24, 2.45) is 0 Å².